The summed E-state index contributed by atoms with van der Waals surface area (Å²) in [5.74, 6) is 0. The van der Waals surface area contributed by atoms with Crippen LogP contribution in [0.4, 0.5) is 0 Å². The van der Waals surface area contributed by atoms with E-state index in [4.69, 9.17) is 0 Å². The van der Waals surface area contributed by atoms with E-state index in [1.165, 1.54) is 11.1 Å². The average Bonchev–Trinajstić information content (AvgIpc) is 2.76. The number of rotatable bonds is 4. The van der Waals surface area contributed by atoms with E-state index in [-0.39, 0.29) is 6.04 Å². The van der Waals surface area contributed by atoms with Crippen LogP contribution in [0.5, 0.6) is 0 Å². The van der Waals surface area contributed by atoms with Crippen molar-refractivity contribution in [1.82, 2.24) is 5.32 Å². The number of hydrogen-bond donors (Lipinski definition) is 1. The van der Waals surface area contributed by atoms with Crippen molar-refractivity contribution in [3.05, 3.63) is 50.6 Å². The zero-order chi connectivity index (χ0) is 14.0. The first kappa shape index (κ1) is 14.7. The minimum Gasteiger partial charge on any atom is -0.309 e. The van der Waals surface area contributed by atoms with Crippen LogP contribution in [-0.2, 0) is 9.84 Å². The van der Waals surface area contributed by atoms with E-state index in [9.17, 15) is 8.42 Å². The Labute approximate surface area is 125 Å². The van der Waals surface area contributed by atoms with Crippen molar-refractivity contribution in [3.8, 4) is 0 Å². The fourth-order valence-electron chi connectivity index (χ4n) is 1.86. The Kier molecular flexibility index (Phi) is 4.45. The highest BCUT2D eigenvalue weighted by Crippen LogP contribution is 2.31. The third-order valence-corrected chi connectivity index (χ3v) is 5.63. The molecule has 2 aromatic rings. The number of thiophene rings is 1. The molecule has 19 heavy (non-hydrogen) atoms. The van der Waals surface area contributed by atoms with Crippen molar-refractivity contribution >= 4 is 37.1 Å². The summed E-state index contributed by atoms with van der Waals surface area (Å²) in [4.78, 5) is 1.53. The highest BCUT2D eigenvalue weighted by Gasteiger charge is 2.15. The maximum atomic E-state index is 11.4. The minimum absolute atomic E-state index is 0.0740. The Bertz CT molecular complexity index is 662. The van der Waals surface area contributed by atoms with Crippen molar-refractivity contribution in [1.29, 1.82) is 0 Å². The largest absolute Gasteiger partial charge is 0.309 e. The van der Waals surface area contributed by atoms with Crippen LogP contribution in [0.3, 0.4) is 0 Å². The Morgan fingerprint density at radius 3 is 2.21 bits per heavy atom. The Morgan fingerprint density at radius 2 is 1.79 bits per heavy atom. The first-order valence-electron chi connectivity index (χ1n) is 5.64. The molecule has 6 heteroatoms. The average molecular weight is 360 g/mol. The van der Waals surface area contributed by atoms with Gasteiger partial charge in [-0.2, -0.15) is 0 Å². The predicted octanol–water partition coefficient (Wildman–Crippen LogP) is 3.22. The standard InChI is InChI=1S/C13H14BrNO2S2/c1-15-13(11-7-8-12(14)18-11)9-3-5-10(6-4-9)19(2,16)17/h3-8,13,15H,1-2H3. The van der Waals surface area contributed by atoms with Crippen LogP contribution < -0.4 is 5.32 Å². The fourth-order valence-corrected chi connectivity index (χ4v) is 4.06. The molecule has 0 radical (unpaired) electrons. The fraction of sp³-hybridized carbons (Fsp3) is 0.231. The van der Waals surface area contributed by atoms with Gasteiger partial charge in [0.05, 0.1) is 14.7 Å². The van der Waals surface area contributed by atoms with Gasteiger partial charge in [0, 0.05) is 11.1 Å². The topological polar surface area (TPSA) is 46.2 Å². The highest BCUT2D eigenvalue weighted by molar-refractivity contribution is 9.11. The molecular formula is C13H14BrNO2S2. The second kappa shape index (κ2) is 5.75. The van der Waals surface area contributed by atoms with E-state index in [0.717, 1.165) is 9.35 Å². The lowest BCUT2D eigenvalue weighted by Gasteiger charge is -2.15. The molecule has 2 rings (SSSR count). The van der Waals surface area contributed by atoms with Gasteiger partial charge in [-0.1, -0.05) is 12.1 Å². The molecule has 0 spiro atoms. The predicted molar refractivity (Wildman–Crippen MR) is 82.5 cm³/mol. The van der Waals surface area contributed by atoms with Crippen molar-refractivity contribution in [3.63, 3.8) is 0 Å². The maximum Gasteiger partial charge on any atom is 0.175 e. The lowest BCUT2D eigenvalue weighted by atomic mass is 10.1. The van der Waals surface area contributed by atoms with Gasteiger partial charge in [-0.15, -0.1) is 11.3 Å². The molecule has 1 N–H and O–H groups in total. The van der Waals surface area contributed by atoms with Crippen LogP contribution in [0.2, 0.25) is 0 Å². The monoisotopic (exact) mass is 359 g/mol. The van der Waals surface area contributed by atoms with Crippen LogP contribution in [0.15, 0.2) is 45.1 Å². The molecule has 3 nitrogen and oxygen atoms in total. The number of halogens is 1. The summed E-state index contributed by atoms with van der Waals surface area (Å²) in [6.07, 6.45) is 1.22. The zero-order valence-electron chi connectivity index (χ0n) is 10.6. The van der Waals surface area contributed by atoms with Crippen LogP contribution in [-0.4, -0.2) is 21.7 Å². The van der Waals surface area contributed by atoms with Crippen LogP contribution in [0.25, 0.3) is 0 Å². The van der Waals surface area contributed by atoms with E-state index >= 15 is 0 Å². The SMILES string of the molecule is CNC(c1ccc(S(C)(=O)=O)cc1)c1ccc(Br)s1. The first-order valence-corrected chi connectivity index (χ1v) is 9.14. The molecule has 1 heterocycles. The molecule has 0 bridgehead atoms. The lowest BCUT2D eigenvalue weighted by Crippen LogP contribution is -2.16. The second-order valence-electron chi connectivity index (χ2n) is 4.20. The quantitative estimate of drug-likeness (QED) is 0.911. The van der Waals surface area contributed by atoms with Crippen LogP contribution >= 0.6 is 27.3 Å². The van der Waals surface area contributed by atoms with E-state index < -0.39 is 9.84 Å². The minimum atomic E-state index is -3.14. The van der Waals surface area contributed by atoms with Gasteiger partial charge >= 0.3 is 0 Å². The first-order chi connectivity index (χ1) is 8.91. The van der Waals surface area contributed by atoms with Gasteiger partial charge < -0.3 is 5.32 Å². The molecule has 1 unspecified atom stereocenters. The van der Waals surface area contributed by atoms with Crippen LogP contribution in [0, 0.1) is 0 Å². The van der Waals surface area contributed by atoms with Gasteiger partial charge in [0.25, 0.3) is 0 Å². The molecule has 1 aromatic carbocycles. The van der Waals surface area contributed by atoms with E-state index in [1.54, 1.807) is 23.5 Å². The van der Waals surface area contributed by atoms with Gasteiger partial charge in [0.1, 0.15) is 0 Å². The van der Waals surface area contributed by atoms with Gasteiger partial charge in [-0.05, 0) is 52.8 Å². The van der Waals surface area contributed by atoms with Gasteiger partial charge in [0.15, 0.2) is 9.84 Å². The molecule has 102 valence electrons. The van der Waals surface area contributed by atoms with Crippen molar-refractivity contribution in [2.24, 2.45) is 0 Å². The Hall–Kier alpha value is -0.690. The molecule has 0 saturated carbocycles. The number of sulfone groups is 1. The van der Waals surface area contributed by atoms with Crippen molar-refractivity contribution in [2.45, 2.75) is 10.9 Å². The smallest absolute Gasteiger partial charge is 0.175 e. The normalized spacial score (nSPS) is 13.4. The molecule has 0 aliphatic carbocycles. The third-order valence-electron chi connectivity index (χ3n) is 2.81. The zero-order valence-corrected chi connectivity index (χ0v) is 13.8. The van der Waals surface area contributed by atoms with E-state index in [1.807, 2.05) is 25.2 Å². The highest BCUT2D eigenvalue weighted by atomic mass is 79.9. The maximum absolute atomic E-state index is 11.4. The molecule has 0 aliphatic rings. The van der Waals surface area contributed by atoms with Gasteiger partial charge in [-0.3, -0.25) is 0 Å². The Balaban J connectivity index is 2.35. The van der Waals surface area contributed by atoms with Crippen LogP contribution in [0.1, 0.15) is 16.5 Å². The molecule has 1 aromatic heterocycles. The van der Waals surface area contributed by atoms with Crippen molar-refractivity contribution in [2.75, 3.05) is 13.3 Å². The second-order valence-corrected chi connectivity index (χ2v) is 8.72. The molecule has 0 amide bonds. The number of hydrogen-bond acceptors (Lipinski definition) is 4. The molecular weight excluding hydrogens is 346 g/mol. The summed E-state index contributed by atoms with van der Waals surface area (Å²) in [7, 11) is -1.25. The molecule has 0 aliphatic heterocycles. The summed E-state index contributed by atoms with van der Waals surface area (Å²) in [6, 6.07) is 11.1. The summed E-state index contributed by atoms with van der Waals surface area (Å²) >= 11 is 5.11. The Morgan fingerprint density at radius 1 is 1.16 bits per heavy atom. The van der Waals surface area contributed by atoms with Gasteiger partial charge in [0.2, 0.25) is 0 Å². The third kappa shape index (κ3) is 3.45. The van der Waals surface area contributed by atoms with Crippen molar-refractivity contribution < 1.29 is 8.42 Å². The molecule has 0 fully saturated rings. The summed E-state index contributed by atoms with van der Waals surface area (Å²) in [5, 5.41) is 3.25. The number of nitrogens with one attached hydrogen (secondary N) is 1. The van der Waals surface area contributed by atoms with Gasteiger partial charge in [-0.25, -0.2) is 8.42 Å². The summed E-state index contributed by atoms with van der Waals surface area (Å²) < 4.78 is 24.0. The summed E-state index contributed by atoms with van der Waals surface area (Å²) in [6.45, 7) is 0. The molecule has 1 atom stereocenters. The van der Waals surface area contributed by atoms with E-state index in [2.05, 4.69) is 27.3 Å². The lowest BCUT2D eigenvalue weighted by molar-refractivity contribution is 0.601. The number of benzene rings is 1. The molecule has 0 saturated heterocycles. The van der Waals surface area contributed by atoms with E-state index in [0.29, 0.717) is 4.90 Å². The summed E-state index contributed by atoms with van der Waals surface area (Å²) in [5.41, 5.74) is 1.05.